The molecule has 3 aromatic rings. The van der Waals surface area contributed by atoms with Crippen molar-refractivity contribution < 1.29 is 64.8 Å². The summed E-state index contributed by atoms with van der Waals surface area (Å²) < 4.78 is 102. The van der Waals surface area contributed by atoms with E-state index < -0.39 is 70.5 Å². The van der Waals surface area contributed by atoms with Gasteiger partial charge in [-0.05, 0) is 112 Å². The molecule has 1 spiro atoms. The molecular formula is C49H57F6N5O8. The van der Waals surface area contributed by atoms with E-state index in [1.165, 1.54) is 34.1 Å². The van der Waals surface area contributed by atoms with E-state index >= 15 is 0 Å². The lowest BCUT2D eigenvalue weighted by atomic mass is 9.70. The highest BCUT2D eigenvalue weighted by Crippen LogP contribution is 2.60. The van der Waals surface area contributed by atoms with Gasteiger partial charge < -0.3 is 34.4 Å². The highest BCUT2D eigenvalue weighted by atomic mass is 19.4. The Morgan fingerprint density at radius 2 is 1.53 bits per heavy atom. The molecule has 3 aliphatic carbocycles. The number of nitrogens with one attached hydrogen (secondary N) is 1. The van der Waals surface area contributed by atoms with Crippen LogP contribution in [0.3, 0.4) is 0 Å². The van der Waals surface area contributed by atoms with Crippen molar-refractivity contribution in [1.29, 1.82) is 0 Å². The first-order valence-corrected chi connectivity index (χ1v) is 23.6. The molecule has 4 saturated heterocycles. The summed E-state index contributed by atoms with van der Waals surface area (Å²) >= 11 is 0. The van der Waals surface area contributed by atoms with Crippen molar-refractivity contribution in [2.24, 2.45) is 22.2 Å². The number of hydrogen-bond donors (Lipinski definition) is 2. The molecule has 5 heterocycles. The third kappa shape index (κ3) is 9.76. The Labute approximate surface area is 389 Å². The largest absolute Gasteiger partial charge is 0.478 e. The number of aromatic nitrogens is 2. The molecule has 3 atom stereocenters. The minimum absolute atomic E-state index is 0.0180. The van der Waals surface area contributed by atoms with Gasteiger partial charge in [-0.15, -0.1) is 0 Å². The number of carbonyl (C=O) groups excluding carboxylic acids is 3. The van der Waals surface area contributed by atoms with Gasteiger partial charge in [-0.2, -0.15) is 31.4 Å². The van der Waals surface area contributed by atoms with Crippen molar-refractivity contribution in [3.63, 3.8) is 0 Å². The Bertz CT molecular complexity index is 2320. The SMILES string of the molecule is C[C@@H](OCC12CCC(CC1)OC2)[C@@H](COC1CCC(c2ccc(C(=O)O)cc2)CC1)NC(=O)[C@@H]1CN(C(=O)c2cnn(Cc3ccc(C(F)(F)F)cc3)c2)CC12CN(C(=O)C1(C(F)(F)F)CC1)C2. The maximum Gasteiger partial charge on any atom is 0.416 e. The molecule has 368 valence electrons. The number of hydrogen-bond acceptors (Lipinski definition) is 8. The Morgan fingerprint density at radius 3 is 2.12 bits per heavy atom. The minimum atomic E-state index is -4.72. The van der Waals surface area contributed by atoms with Crippen molar-refractivity contribution >= 4 is 23.7 Å². The molecule has 10 rings (SSSR count). The number of carbonyl (C=O) groups is 4. The molecule has 7 aliphatic rings. The summed E-state index contributed by atoms with van der Waals surface area (Å²) in [7, 11) is 0. The first-order valence-electron chi connectivity index (χ1n) is 23.6. The topological polar surface area (TPSA) is 153 Å². The second-order valence-electron chi connectivity index (χ2n) is 20.3. The van der Waals surface area contributed by atoms with E-state index in [1.807, 2.05) is 19.1 Å². The zero-order valence-corrected chi connectivity index (χ0v) is 37.8. The molecular weight excluding hydrogens is 901 g/mol. The van der Waals surface area contributed by atoms with Crippen molar-refractivity contribution in [3.05, 3.63) is 88.7 Å². The Balaban J connectivity index is 0.902. The highest BCUT2D eigenvalue weighted by Gasteiger charge is 2.71. The van der Waals surface area contributed by atoms with Gasteiger partial charge in [0.1, 0.15) is 5.41 Å². The van der Waals surface area contributed by atoms with Crippen LogP contribution in [0.4, 0.5) is 26.3 Å². The molecule has 13 nitrogen and oxygen atoms in total. The summed E-state index contributed by atoms with van der Waals surface area (Å²) in [4.78, 5) is 56.3. The number of halogens is 6. The number of rotatable bonds is 15. The smallest absolute Gasteiger partial charge is 0.416 e. The van der Waals surface area contributed by atoms with Crippen LogP contribution in [0, 0.1) is 22.2 Å². The van der Waals surface area contributed by atoms with Gasteiger partial charge in [0.25, 0.3) is 5.91 Å². The lowest BCUT2D eigenvalue weighted by Crippen LogP contribution is -2.66. The molecule has 2 bridgehead atoms. The Hall–Kier alpha value is -5.01. The third-order valence-electron chi connectivity index (χ3n) is 15.7. The number of benzene rings is 2. The average Bonchev–Trinajstić information content (AvgIpc) is 3.86. The first-order chi connectivity index (χ1) is 32.3. The number of aromatic carboxylic acids is 1. The normalized spacial score (nSPS) is 27.1. The second kappa shape index (κ2) is 18.4. The van der Waals surface area contributed by atoms with E-state index in [2.05, 4.69) is 10.4 Å². The summed E-state index contributed by atoms with van der Waals surface area (Å²) in [6, 6.07) is 10.8. The summed E-state index contributed by atoms with van der Waals surface area (Å²) in [5.41, 5.74) is -2.49. The van der Waals surface area contributed by atoms with Gasteiger partial charge in [0.15, 0.2) is 0 Å². The number of fused-ring (bicyclic) bond motifs is 3. The van der Waals surface area contributed by atoms with Crippen molar-refractivity contribution in [2.75, 3.05) is 46.0 Å². The van der Waals surface area contributed by atoms with E-state index in [4.69, 9.17) is 14.2 Å². The van der Waals surface area contributed by atoms with Crippen molar-refractivity contribution in [2.45, 2.75) is 120 Å². The Morgan fingerprint density at radius 1 is 0.868 bits per heavy atom. The molecule has 3 saturated carbocycles. The highest BCUT2D eigenvalue weighted by molar-refractivity contribution is 5.95. The number of likely N-dealkylation sites (tertiary alicyclic amines) is 2. The zero-order valence-electron chi connectivity index (χ0n) is 37.8. The monoisotopic (exact) mass is 957 g/mol. The second-order valence-corrected chi connectivity index (χ2v) is 20.3. The number of ether oxygens (including phenoxy) is 3. The molecule has 4 aliphatic heterocycles. The van der Waals surface area contributed by atoms with E-state index in [9.17, 15) is 50.6 Å². The fourth-order valence-electron chi connectivity index (χ4n) is 11.1. The number of amides is 3. The van der Waals surface area contributed by atoms with Gasteiger partial charge in [-0.1, -0.05) is 24.3 Å². The number of alkyl halides is 6. The fraction of sp³-hybridized carbons (Fsp3) is 0.612. The lowest BCUT2D eigenvalue weighted by molar-refractivity contribution is -0.205. The van der Waals surface area contributed by atoms with Crippen LogP contribution in [0.1, 0.15) is 114 Å². The quantitative estimate of drug-likeness (QED) is 0.148. The summed E-state index contributed by atoms with van der Waals surface area (Å²) in [5, 5.41) is 16.8. The van der Waals surface area contributed by atoms with Crippen LogP contribution >= 0.6 is 0 Å². The van der Waals surface area contributed by atoms with Gasteiger partial charge in [-0.3, -0.25) is 19.1 Å². The van der Waals surface area contributed by atoms with E-state index in [1.54, 1.807) is 12.1 Å². The first kappa shape index (κ1) is 48.0. The maximum absolute atomic E-state index is 14.8. The predicted molar refractivity (Wildman–Crippen MR) is 231 cm³/mol. The Kier molecular flexibility index (Phi) is 13.0. The van der Waals surface area contributed by atoms with Crippen LogP contribution in [0.25, 0.3) is 0 Å². The molecule has 2 aromatic carbocycles. The minimum Gasteiger partial charge on any atom is -0.478 e. The number of carboxylic acid groups (broad SMARTS) is 1. The molecule has 1 aromatic heterocycles. The van der Waals surface area contributed by atoms with Gasteiger partial charge in [0, 0.05) is 43.2 Å². The van der Waals surface area contributed by atoms with E-state index in [0.717, 1.165) is 74.0 Å². The molecule has 19 heteroatoms. The molecule has 2 N–H and O–H groups in total. The van der Waals surface area contributed by atoms with Gasteiger partial charge >= 0.3 is 18.3 Å². The van der Waals surface area contributed by atoms with E-state index in [-0.39, 0.29) is 86.8 Å². The van der Waals surface area contributed by atoms with Gasteiger partial charge in [0.2, 0.25) is 11.8 Å². The maximum atomic E-state index is 14.8. The van der Waals surface area contributed by atoms with Crippen LogP contribution in [0.15, 0.2) is 60.9 Å². The number of carboxylic acids is 1. The standard InChI is InChI=1S/C49H57F6N5O8/c1-30(67-28-45-16-14-38(15-17-45)68-29-45)40(24-66-37-12-8-33(9-13-37)32-4-6-34(7-5-32)43(63)64)57-41(61)39-23-58(25-46(39)26-59(27-46)44(65)47(18-19-47)49(53,54)55)42(62)35-20-56-60(22-35)21-31-2-10-36(11-3-31)48(50,51)52/h2-7,10-11,20,22,30,33,37-40H,8-9,12-19,21,23-29H2,1H3,(H,57,61)(H,63,64)/t30-,33?,37?,38?,39+,40-,45?/m1/s1. The predicted octanol–water partition coefficient (Wildman–Crippen LogP) is 7.48. The van der Waals surface area contributed by atoms with Crippen LogP contribution in [0.2, 0.25) is 0 Å². The lowest BCUT2D eigenvalue weighted by Gasteiger charge is -2.51. The summed E-state index contributed by atoms with van der Waals surface area (Å²) in [6.45, 7) is 2.62. The van der Waals surface area contributed by atoms with Crippen molar-refractivity contribution in [3.8, 4) is 0 Å². The van der Waals surface area contributed by atoms with E-state index in [0.29, 0.717) is 18.8 Å². The summed E-state index contributed by atoms with van der Waals surface area (Å²) in [6.07, 6.45) is -0.520. The molecule has 3 amide bonds. The molecule has 0 unspecified atom stereocenters. The zero-order chi connectivity index (χ0) is 48.2. The molecule has 7 fully saturated rings. The molecule has 0 radical (unpaired) electrons. The van der Waals surface area contributed by atoms with Gasteiger partial charge in [0.05, 0.1) is 79.5 Å². The third-order valence-corrected chi connectivity index (χ3v) is 15.7. The van der Waals surface area contributed by atoms with Crippen LogP contribution in [0.5, 0.6) is 0 Å². The van der Waals surface area contributed by atoms with Gasteiger partial charge in [-0.25, -0.2) is 4.79 Å². The van der Waals surface area contributed by atoms with Crippen LogP contribution in [-0.2, 0) is 36.5 Å². The summed E-state index contributed by atoms with van der Waals surface area (Å²) in [5.74, 6) is -3.63. The van der Waals surface area contributed by atoms with Crippen LogP contribution < -0.4 is 5.32 Å². The molecule has 68 heavy (non-hydrogen) atoms. The van der Waals surface area contributed by atoms with Crippen molar-refractivity contribution in [1.82, 2.24) is 24.9 Å². The average molecular weight is 958 g/mol. The number of nitrogens with zero attached hydrogens (tertiary/aromatic N) is 4. The fourth-order valence-corrected chi connectivity index (χ4v) is 11.1. The van der Waals surface area contributed by atoms with Crippen LogP contribution in [-0.4, -0.2) is 125 Å².